The van der Waals surface area contributed by atoms with Crippen LogP contribution in [0.25, 0.3) is 0 Å². The SMILES string of the molecule is COc1c(Cl)ccnc1CNC(=O)C1CCOCC1. The second kappa shape index (κ2) is 6.73. The van der Waals surface area contributed by atoms with E-state index in [4.69, 9.17) is 21.1 Å². The van der Waals surface area contributed by atoms with Gasteiger partial charge in [0.15, 0.2) is 5.75 Å². The molecule has 0 unspecified atom stereocenters. The first-order chi connectivity index (χ1) is 9.22. The topological polar surface area (TPSA) is 60.5 Å². The number of methoxy groups -OCH3 is 1. The standard InChI is InChI=1S/C13H17ClN2O3/c1-18-12-10(14)2-5-15-11(12)8-16-13(17)9-3-6-19-7-4-9/h2,5,9H,3-4,6-8H2,1H3,(H,16,17). The van der Waals surface area contributed by atoms with Gasteiger partial charge in [-0.2, -0.15) is 0 Å². The number of halogens is 1. The fourth-order valence-corrected chi connectivity index (χ4v) is 2.32. The third-order valence-corrected chi connectivity index (χ3v) is 3.45. The molecule has 0 atom stereocenters. The maximum atomic E-state index is 12.0. The zero-order valence-electron chi connectivity index (χ0n) is 10.8. The summed E-state index contributed by atoms with van der Waals surface area (Å²) in [4.78, 5) is 16.2. The van der Waals surface area contributed by atoms with E-state index in [1.807, 2.05) is 0 Å². The molecule has 2 heterocycles. The fourth-order valence-electron chi connectivity index (χ4n) is 2.08. The van der Waals surface area contributed by atoms with Crippen LogP contribution in [0.4, 0.5) is 0 Å². The lowest BCUT2D eigenvalue weighted by Gasteiger charge is -2.21. The molecule has 1 aliphatic rings. The number of rotatable bonds is 4. The first kappa shape index (κ1) is 14.1. The van der Waals surface area contributed by atoms with Gasteiger partial charge in [0.1, 0.15) is 5.69 Å². The minimum atomic E-state index is 0.0268. The lowest BCUT2D eigenvalue weighted by Crippen LogP contribution is -2.34. The normalized spacial score (nSPS) is 16.1. The van der Waals surface area contributed by atoms with Crippen LogP contribution in [-0.2, 0) is 16.1 Å². The molecule has 1 amide bonds. The molecule has 1 aromatic heterocycles. The Kier molecular flexibility index (Phi) is 4.99. The van der Waals surface area contributed by atoms with Gasteiger partial charge in [-0.25, -0.2) is 0 Å². The summed E-state index contributed by atoms with van der Waals surface area (Å²) in [5, 5.41) is 3.37. The van der Waals surface area contributed by atoms with Gasteiger partial charge in [-0.3, -0.25) is 9.78 Å². The average molecular weight is 285 g/mol. The van der Waals surface area contributed by atoms with Gasteiger partial charge in [-0.15, -0.1) is 0 Å². The molecule has 1 N–H and O–H groups in total. The molecular weight excluding hydrogens is 268 g/mol. The van der Waals surface area contributed by atoms with Crippen molar-refractivity contribution in [3.63, 3.8) is 0 Å². The van der Waals surface area contributed by atoms with Crippen LogP contribution >= 0.6 is 11.6 Å². The van der Waals surface area contributed by atoms with Gasteiger partial charge in [-0.05, 0) is 18.9 Å². The maximum Gasteiger partial charge on any atom is 0.223 e. The van der Waals surface area contributed by atoms with E-state index in [2.05, 4.69) is 10.3 Å². The van der Waals surface area contributed by atoms with E-state index in [9.17, 15) is 4.79 Å². The predicted molar refractivity (Wildman–Crippen MR) is 71.2 cm³/mol. The first-order valence-electron chi connectivity index (χ1n) is 6.25. The van der Waals surface area contributed by atoms with Crippen molar-refractivity contribution in [2.24, 2.45) is 5.92 Å². The van der Waals surface area contributed by atoms with Crippen LogP contribution in [0.15, 0.2) is 12.3 Å². The molecule has 1 saturated heterocycles. The molecule has 104 valence electrons. The molecule has 2 rings (SSSR count). The highest BCUT2D eigenvalue weighted by Crippen LogP contribution is 2.26. The number of carbonyl (C=O) groups excluding carboxylic acids is 1. The molecule has 1 fully saturated rings. The minimum absolute atomic E-state index is 0.0268. The van der Waals surface area contributed by atoms with Crippen molar-refractivity contribution >= 4 is 17.5 Å². The van der Waals surface area contributed by atoms with Crippen molar-refractivity contribution in [2.75, 3.05) is 20.3 Å². The van der Waals surface area contributed by atoms with Gasteiger partial charge in [0.05, 0.1) is 18.7 Å². The Hall–Kier alpha value is -1.33. The van der Waals surface area contributed by atoms with Crippen LogP contribution in [0, 0.1) is 5.92 Å². The Bertz CT molecular complexity index is 448. The Labute approximate surface area is 117 Å². The summed E-state index contributed by atoms with van der Waals surface area (Å²) in [7, 11) is 1.53. The third kappa shape index (κ3) is 3.58. The van der Waals surface area contributed by atoms with Crippen molar-refractivity contribution in [1.29, 1.82) is 0 Å². The lowest BCUT2D eigenvalue weighted by atomic mass is 9.99. The second-order valence-electron chi connectivity index (χ2n) is 4.38. The molecule has 0 spiro atoms. The molecule has 0 aromatic carbocycles. The Morgan fingerprint density at radius 1 is 1.58 bits per heavy atom. The zero-order valence-corrected chi connectivity index (χ0v) is 11.6. The molecule has 1 aliphatic heterocycles. The van der Waals surface area contributed by atoms with Crippen molar-refractivity contribution in [2.45, 2.75) is 19.4 Å². The van der Waals surface area contributed by atoms with Crippen LogP contribution in [0.5, 0.6) is 5.75 Å². The van der Waals surface area contributed by atoms with Gasteiger partial charge >= 0.3 is 0 Å². The summed E-state index contributed by atoms with van der Waals surface area (Å²) in [5.41, 5.74) is 0.635. The van der Waals surface area contributed by atoms with E-state index in [0.29, 0.717) is 36.2 Å². The zero-order chi connectivity index (χ0) is 13.7. The van der Waals surface area contributed by atoms with E-state index in [-0.39, 0.29) is 11.8 Å². The van der Waals surface area contributed by atoms with Gasteiger partial charge in [0.25, 0.3) is 0 Å². The molecular formula is C13H17ClN2O3. The van der Waals surface area contributed by atoms with Gasteiger partial charge in [0.2, 0.25) is 5.91 Å². The van der Waals surface area contributed by atoms with E-state index >= 15 is 0 Å². The average Bonchev–Trinajstić information content (AvgIpc) is 2.45. The summed E-state index contributed by atoms with van der Waals surface area (Å²) in [6.45, 7) is 1.62. The summed E-state index contributed by atoms with van der Waals surface area (Å²) >= 11 is 6.00. The first-order valence-corrected chi connectivity index (χ1v) is 6.63. The highest BCUT2D eigenvalue weighted by Gasteiger charge is 2.21. The third-order valence-electron chi connectivity index (χ3n) is 3.16. The molecule has 5 nitrogen and oxygen atoms in total. The monoisotopic (exact) mass is 284 g/mol. The van der Waals surface area contributed by atoms with Crippen LogP contribution in [0.1, 0.15) is 18.5 Å². The van der Waals surface area contributed by atoms with Crippen molar-refractivity contribution in [1.82, 2.24) is 10.3 Å². The maximum absolute atomic E-state index is 12.0. The summed E-state index contributed by atoms with van der Waals surface area (Å²) in [6.07, 6.45) is 3.14. The molecule has 0 aliphatic carbocycles. The highest BCUT2D eigenvalue weighted by molar-refractivity contribution is 6.32. The number of hydrogen-bond acceptors (Lipinski definition) is 4. The molecule has 0 bridgehead atoms. The highest BCUT2D eigenvalue weighted by atomic mass is 35.5. The van der Waals surface area contributed by atoms with Crippen molar-refractivity contribution in [3.8, 4) is 5.75 Å². The quantitative estimate of drug-likeness (QED) is 0.916. The molecule has 6 heteroatoms. The van der Waals surface area contributed by atoms with Crippen LogP contribution < -0.4 is 10.1 Å². The van der Waals surface area contributed by atoms with Crippen LogP contribution in [-0.4, -0.2) is 31.2 Å². The van der Waals surface area contributed by atoms with Crippen LogP contribution in [0.3, 0.4) is 0 Å². The van der Waals surface area contributed by atoms with Gasteiger partial charge in [-0.1, -0.05) is 11.6 Å². The number of carbonyl (C=O) groups is 1. The number of nitrogens with zero attached hydrogens (tertiary/aromatic N) is 1. The van der Waals surface area contributed by atoms with Crippen molar-refractivity contribution < 1.29 is 14.3 Å². The summed E-state index contributed by atoms with van der Waals surface area (Å²) in [5.74, 6) is 0.572. The number of nitrogens with one attached hydrogen (secondary N) is 1. The Balaban J connectivity index is 1.94. The van der Waals surface area contributed by atoms with E-state index in [1.165, 1.54) is 7.11 Å². The number of amides is 1. The molecule has 19 heavy (non-hydrogen) atoms. The Morgan fingerprint density at radius 3 is 3.00 bits per heavy atom. The van der Waals surface area contributed by atoms with Gasteiger partial charge < -0.3 is 14.8 Å². The fraction of sp³-hybridized carbons (Fsp3) is 0.538. The molecule has 0 radical (unpaired) electrons. The number of aromatic nitrogens is 1. The summed E-state index contributed by atoms with van der Waals surface area (Å²) < 4.78 is 10.4. The predicted octanol–water partition coefficient (Wildman–Crippen LogP) is 1.79. The van der Waals surface area contributed by atoms with E-state index < -0.39 is 0 Å². The van der Waals surface area contributed by atoms with Crippen molar-refractivity contribution in [3.05, 3.63) is 23.0 Å². The molecule has 0 saturated carbocycles. The lowest BCUT2D eigenvalue weighted by molar-refractivity contribution is -0.128. The number of pyridine rings is 1. The number of hydrogen-bond donors (Lipinski definition) is 1. The number of ether oxygens (including phenoxy) is 2. The largest absolute Gasteiger partial charge is 0.493 e. The second-order valence-corrected chi connectivity index (χ2v) is 4.78. The van der Waals surface area contributed by atoms with Gasteiger partial charge in [0, 0.05) is 25.3 Å². The summed E-state index contributed by atoms with van der Waals surface area (Å²) in [6, 6.07) is 1.66. The Morgan fingerprint density at radius 2 is 2.32 bits per heavy atom. The van der Waals surface area contributed by atoms with Crippen LogP contribution in [0.2, 0.25) is 5.02 Å². The minimum Gasteiger partial charge on any atom is -0.493 e. The smallest absolute Gasteiger partial charge is 0.223 e. The van der Waals surface area contributed by atoms with E-state index in [1.54, 1.807) is 12.3 Å². The molecule has 1 aromatic rings. The van der Waals surface area contributed by atoms with E-state index in [0.717, 1.165) is 12.8 Å².